The third-order valence-electron chi connectivity index (χ3n) is 9.92. The van der Waals surface area contributed by atoms with Gasteiger partial charge in [0.15, 0.2) is 0 Å². The highest BCUT2D eigenvalue weighted by molar-refractivity contribution is 5.91. The van der Waals surface area contributed by atoms with Crippen molar-refractivity contribution in [1.82, 2.24) is 10.2 Å². The van der Waals surface area contributed by atoms with E-state index in [2.05, 4.69) is 5.32 Å². The molecule has 4 aliphatic rings. The number of alkyl carbamates (subject to hydrolysis) is 1. The topological polar surface area (TPSA) is 147 Å². The van der Waals surface area contributed by atoms with Gasteiger partial charge in [0.05, 0.1) is 48.1 Å². The van der Waals surface area contributed by atoms with Crippen molar-refractivity contribution in [2.24, 2.45) is 5.41 Å². The van der Waals surface area contributed by atoms with Gasteiger partial charge in [-0.3, -0.25) is 14.9 Å². The number of amides is 2. The lowest BCUT2D eigenvalue weighted by molar-refractivity contribution is -0.384. The van der Waals surface area contributed by atoms with Crippen molar-refractivity contribution in [1.29, 1.82) is 0 Å². The quantitative estimate of drug-likeness (QED) is 0.156. The van der Waals surface area contributed by atoms with Crippen molar-refractivity contribution in [3.05, 3.63) is 74.8 Å². The van der Waals surface area contributed by atoms with Gasteiger partial charge in [-0.15, -0.1) is 0 Å². The van der Waals surface area contributed by atoms with E-state index in [1.165, 1.54) is 30.3 Å². The monoisotopic (exact) mass is 705 g/mol. The molecule has 50 heavy (non-hydrogen) atoms. The summed E-state index contributed by atoms with van der Waals surface area (Å²) in [6.45, 7) is 4.43. The Kier molecular flexibility index (Phi) is 11.7. The molecule has 2 bridgehead atoms. The fourth-order valence-corrected chi connectivity index (χ4v) is 6.89. The summed E-state index contributed by atoms with van der Waals surface area (Å²) < 4.78 is 63.0. The summed E-state index contributed by atoms with van der Waals surface area (Å²) in [6, 6.07) is 7.46. The van der Waals surface area contributed by atoms with Crippen molar-refractivity contribution in [2.45, 2.75) is 89.3 Å². The van der Waals surface area contributed by atoms with Crippen LogP contribution < -0.4 is 5.32 Å². The zero-order valence-electron chi connectivity index (χ0n) is 28.0. The Labute approximate surface area is 287 Å². The Morgan fingerprint density at radius 3 is 2.32 bits per heavy atom. The number of nitrogens with one attached hydrogen (secondary N) is 1. The molecule has 3 saturated heterocycles. The molecule has 6 rings (SSSR count). The molecule has 0 spiro atoms. The molecule has 2 aromatic carbocycles. The summed E-state index contributed by atoms with van der Waals surface area (Å²) in [5.74, 6) is -1.57. The average Bonchev–Trinajstić information content (AvgIpc) is 3.12. The molecule has 12 nitrogen and oxygen atoms in total. The molecular formula is C35H42F3N3O9. The molecule has 0 aromatic heterocycles. The number of alkyl halides is 3. The molecule has 4 fully saturated rings. The summed E-state index contributed by atoms with van der Waals surface area (Å²) in [5.41, 5.74) is -0.434. The van der Waals surface area contributed by atoms with Crippen LogP contribution in [0.1, 0.15) is 85.3 Å². The smallest absolute Gasteiger partial charge is 0.416 e. The first-order chi connectivity index (χ1) is 23.8. The van der Waals surface area contributed by atoms with Gasteiger partial charge in [-0.05, 0) is 93.7 Å². The number of piperidine rings is 1. The van der Waals surface area contributed by atoms with Gasteiger partial charge in [-0.2, -0.15) is 13.2 Å². The van der Waals surface area contributed by atoms with E-state index < -0.39 is 46.8 Å². The molecule has 1 aliphatic carbocycles. The number of rotatable bonds is 12. The fraction of sp³-hybridized carbons (Fsp3) is 0.571. The van der Waals surface area contributed by atoms with Crippen LogP contribution >= 0.6 is 0 Å². The van der Waals surface area contributed by atoms with E-state index in [4.69, 9.17) is 18.9 Å². The highest BCUT2D eigenvalue weighted by atomic mass is 19.4. The van der Waals surface area contributed by atoms with E-state index >= 15 is 0 Å². The molecule has 0 unspecified atom stereocenters. The van der Waals surface area contributed by atoms with Gasteiger partial charge in [0.2, 0.25) is 5.91 Å². The van der Waals surface area contributed by atoms with Crippen molar-refractivity contribution < 1.29 is 51.4 Å². The highest BCUT2D eigenvalue weighted by Crippen LogP contribution is 2.43. The molecule has 2 atom stereocenters. The van der Waals surface area contributed by atoms with Gasteiger partial charge in [-0.1, -0.05) is 6.07 Å². The van der Waals surface area contributed by atoms with E-state index in [1.54, 1.807) is 18.7 Å². The molecule has 2 amide bonds. The number of nitrogens with zero attached hydrogens (tertiary/aromatic N) is 2. The lowest BCUT2D eigenvalue weighted by Crippen LogP contribution is -2.56. The Morgan fingerprint density at radius 2 is 1.74 bits per heavy atom. The molecule has 3 heterocycles. The predicted octanol–water partition coefficient (Wildman–Crippen LogP) is 6.16. The number of hydrogen-bond donors (Lipinski definition) is 1. The Hall–Kier alpha value is -4.24. The Balaban J connectivity index is 1.26. The Bertz CT molecular complexity index is 1520. The normalized spacial score (nSPS) is 22.0. The molecular weight excluding hydrogens is 663 g/mol. The minimum Gasteiger partial charge on any atom is -0.462 e. The predicted molar refractivity (Wildman–Crippen MR) is 172 cm³/mol. The van der Waals surface area contributed by atoms with Crippen LogP contribution in [-0.2, 0) is 36.5 Å². The van der Waals surface area contributed by atoms with Crippen LogP contribution in [-0.4, -0.2) is 79.0 Å². The number of ether oxygens (including phenoxy) is 4. The maximum absolute atomic E-state index is 14.0. The average molecular weight is 706 g/mol. The molecule has 1 N–H and O–H groups in total. The lowest BCUT2D eigenvalue weighted by Gasteiger charge is -2.46. The number of nitro benzene ring substituents is 1. The number of non-ortho nitro benzene ring substituents is 1. The van der Waals surface area contributed by atoms with Crippen molar-refractivity contribution >= 4 is 23.7 Å². The summed E-state index contributed by atoms with van der Waals surface area (Å²) in [5, 5.41) is 13.6. The summed E-state index contributed by atoms with van der Waals surface area (Å²) >= 11 is 0. The molecule has 2 aromatic rings. The number of likely N-dealkylation sites (tertiary alicyclic amines) is 1. The van der Waals surface area contributed by atoms with E-state index in [-0.39, 0.29) is 55.0 Å². The first kappa shape index (κ1) is 37.0. The van der Waals surface area contributed by atoms with Crippen LogP contribution in [0.3, 0.4) is 0 Å². The van der Waals surface area contributed by atoms with Gasteiger partial charge < -0.3 is 29.2 Å². The molecule has 1 saturated carbocycles. The number of hydrogen-bond acceptors (Lipinski definition) is 9. The Morgan fingerprint density at radius 1 is 1.06 bits per heavy atom. The second kappa shape index (κ2) is 15.8. The number of esters is 1. The standard InChI is InChI=1S/C35H42F3N3O9/c1-3-47-32(43)29-18-25(35(36,37)38)6-9-28(29)24-12-16-40(17-13-24)31(42)30(22(2)49-20-34-14-10-27(11-15-34)50-21-34)39-33(44)48-19-23-4-7-26(8-5-23)41(45)46/h4-9,18,22,24,27,30H,3,10-17,19-21H2,1-2H3,(H,39,44)/t22-,27?,30+,34?/m1/s1. The number of fused-ring (bicyclic) bond motifs is 3. The lowest BCUT2D eigenvalue weighted by atomic mass is 9.72. The summed E-state index contributed by atoms with van der Waals surface area (Å²) in [4.78, 5) is 51.7. The SMILES string of the molecule is CCOC(=O)c1cc(C(F)(F)F)ccc1C1CCN(C(=O)[C@@H](NC(=O)OCc2ccc([N+](=O)[O-])cc2)[C@@H](C)OCC23CCC(CC2)OC3)CC1. The molecule has 0 radical (unpaired) electrons. The van der Waals surface area contributed by atoms with Crippen LogP contribution in [0.15, 0.2) is 42.5 Å². The van der Waals surface area contributed by atoms with Crippen LogP contribution in [0.25, 0.3) is 0 Å². The minimum absolute atomic E-state index is 0.00107. The number of carbonyl (C=O) groups excluding carboxylic acids is 3. The van der Waals surface area contributed by atoms with Crippen LogP contribution in [0.2, 0.25) is 0 Å². The van der Waals surface area contributed by atoms with Gasteiger partial charge >= 0.3 is 18.2 Å². The van der Waals surface area contributed by atoms with E-state index in [1.807, 2.05) is 0 Å². The summed E-state index contributed by atoms with van der Waals surface area (Å²) in [6.07, 6.45) is -1.51. The van der Waals surface area contributed by atoms with Gasteiger partial charge in [0.1, 0.15) is 12.6 Å². The third kappa shape index (κ3) is 8.91. The van der Waals surface area contributed by atoms with Crippen molar-refractivity contribution in [3.63, 3.8) is 0 Å². The van der Waals surface area contributed by atoms with E-state index in [9.17, 15) is 37.7 Å². The van der Waals surface area contributed by atoms with Gasteiger partial charge in [0, 0.05) is 30.6 Å². The fourth-order valence-electron chi connectivity index (χ4n) is 6.89. The largest absolute Gasteiger partial charge is 0.462 e. The van der Waals surface area contributed by atoms with Crippen LogP contribution in [0.4, 0.5) is 23.7 Å². The van der Waals surface area contributed by atoms with Crippen LogP contribution in [0.5, 0.6) is 0 Å². The van der Waals surface area contributed by atoms with Crippen molar-refractivity contribution in [3.8, 4) is 0 Å². The summed E-state index contributed by atoms with van der Waals surface area (Å²) in [7, 11) is 0. The maximum atomic E-state index is 14.0. The van der Waals surface area contributed by atoms with Gasteiger partial charge in [0.25, 0.3) is 5.69 Å². The first-order valence-corrected chi connectivity index (χ1v) is 16.9. The van der Waals surface area contributed by atoms with E-state index in [0.717, 1.165) is 37.8 Å². The molecule has 3 aliphatic heterocycles. The zero-order chi connectivity index (χ0) is 36.1. The third-order valence-corrected chi connectivity index (χ3v) is 9.92. The minimum atomic E-state index is -4.64. The van der Waals surface area contributed by atoms with Gasteiger partial charge in [-0.25, -0.2) is 9.59 Å². The van der Waals surface area contributed by atoms with Crippen LogP contribution in [0, 0.1) is 15.5 Å². The van der Waals surface area contributed by atoms with Crippen molar-refractivity contribution in [2.75, 3.05) is 32.9 Å². The number of halogens is 3. The zero-order valence-corrected chi connectivity index (χ0v) is 28.0. The second-order valence-corrected chi connectivity index (χ2v) is 13.3. The number of carbonyl (C=O) groups is 3. The number of benzene rings is 2. The van der Waals surface area contributed by atoms with E-state index in [0.29, 0.717) is 37.2 Å². The second-order valence-electron chi connectivity index (χ2n) is 13.3. The maximum Gasteiger partial charge on any atom is 0.416 e. The first-order valence-electron chi connectivity index (χ1n) is 16.9. The highest BCUT2D eigenvalue weighted by Gasteiger charge is 2.43. The molecule has 272 valence electrons. The number of nitro groups is 1. The molecule has 15 heteroatoms.